The molecule has 0 fully saturated rings. The summed E-state index contributed by atoms with van der Waals surface area (Å²) in [5.74, 6) is -3.83. The fourth-order valence-electron chi connectivity index (χ4n) is 3.56. The first-order valence-corrected chi connectivity index (χ1v) is 14.4. The number of benzene rings is 4. The van der Waals surface area contributed by atoms with Gasteiger partial charge in [-0.2, -0.15) is 0 Å². The normalized spacial score (nSPS) is 9.56. The molecule has 0 bridgehead atoms. The molecule has 1 radical (unpaired) electrons. The Balaban J connectivity index is 0.000000466. The summed E-state index contributed by atoms with van der Waals surface area (Å²) in [5, 5.41) is 22.8. The van der Waals surface area contributed by atoms with Gasteiger partial charge in [0, 0.05) is 42.1 Å². The van der Waals surface area contributed by atoms with Gasteiger partial charge in [0.05, 0.1) is 0 Å². The Hall–Kier alpha value is -5.95. The summed E-state index contributed by atoms with van der Waals surface area (Å²) >= 11 is 5.67. The Labute approximate surface area is 312 Å². The van der Waals surface area contributed by atoms with Crippen molar-refractivity contribution in [1.82, 2.24) is 0 Å². The summed E-state index contributed by atoms with van der Waals surface area (Å²) in [4.78, 5) is 69.1. The third-order valence-electron chi connectivity index (χ3n) is 5.59. The molecule has 1 N–H and O–H groups in total. The first kappa shape index (κ1) is 44.1. The van der Waals surface area contributed by atoms with Crippen molar-refractivity contribution in [3.63, 3.8) is 0 Å². The van der Waals surface area contributed by atoms with Gasteiger partial charge in [-0.1, -0.05) is 24.3 Å². The first-order valence-electron chi connectivity index (χ1n) is 13.8. The standard InChI is InChI=1S/C16H12ClFO4.C16H12FNO7.Ag.HNO3/c1-10(19)21-15-7-4-12(18)8-14(15)16(20)22-13-5-2-11(9-17)3-6-13;1-10(19)24-15-7-4-12(17)8-14(15)16(20)25-13-5-2-11(3-6-13)9-23-18(21)22;;2-1(3)4/h2-8H,9H2,1H3;2-8H,9H2,1H3;;(H,2,3,4). The van der Waals surface area contributed by atoms with Crippen LogP contribution in [-0.4, -0.2) is 39.3 Å². The zero-order chi connectivity index (χ0) is 38.1. The van der Waals surface area contributed by atoms with Crippen LogP contribution in [0, 0.1) is 31.9 Å². The van der Waals surface area contributed by atoms with Crippen LogP contribution in [0.25, 0.3) is 0 Å². The number of hydrogen-bond donors (Lipinski definition) is 1. The summed E-state index contributed by atoms with van der Waals surface area (Å²) in [6, 6.07) is 18.6. The van der Waals surface area contributed by atoms with Gasteiger partial charge in [0.1, 0.15) is 52.4 Å². The number of carbonyl (C=O) groups is 4. The van der Waals surface area contributed by atoms with Crippen molar-refractivity contribution in [2.45, 2.75) is 26.3 Å². The molecule has 0 amide bonds. The van der Waals surface area contributed by atoms with E-state index in [1.807, 2.05) is 0 Å². The van der Waals surface area contributed by atoms with Crippen molar-refractivity contribution in [1.29, 1.82) is 0 Å². The third kappa shape index (κ3) is 16.2. The van der Waals surface area contributed by atoms with Crippen molar-refractivity contribution >= 4 is 35.5 Å². The van der Waals surface area contributed by atoms with Gasteiger partial charge in [0.2, 0.25) is 0 Å². The van der Waals surface area contributed by atoms with Gasteiger partial charge >= 0.3 is 23.9 Å². The molecule has 20 heteroatoms. The average molecular weight is 843 g/mol. The van der Waals surface area contributed by atoms with Gasteiger partial charge in [-0.25, -0.2) is 18.4 Å². The van der Waals surface area contributed by atoms with Crippen LogP contribution in [0.5, 0.6) is 23.0 Å². The van der Waals surface area contributed by atoms with Crippen LogP contribution in [0.2, 0.25) is 0 Å². The maximum Gasteiger partial charge on any atom is 0.347 e. The number of nitrogens with zero attached hydrogens (tertiary/aromatic N) is 2. The Morgan fingerprint density at radius 1 is 0.673 bits per heavy atom. The van der Waals surface area contributed by atoms with E-state index in [-0.39, 0.29) is 63.1 Å². The SMILES string of the molecule is CC(=O)Oc1ccc(F)cc1C(=O)Oc1ccc(CCl)cc1.CC(=O)Oc1ccc(F)cc1C(=O)Oc1ccc(CO[N+](=O)[O-])cc1.O=[N+]([O-])O.[Ag]. The van der Waals surface area contributed by atoms with E-state index in [9.17, 15) is 38.1 Å². The molecular formula is C32H25AgClF2N2O14. The quantitative estimate of drug-likeness (QED) is 0.0481. The largest absolute Gasteiger partial charge is 0.426 e. The van der Waals surface area contributed by atoms with Gasteiger partial charge in [0.25, 0.3) is 10.2 Å². The molecular weight excluding hydrogens is 818 g/mol. The molecule has 0 atom stereocenters. The molecule has 0 unspecified atom stereocenters. The summed E-state index contributed by atoms with van der Waals surface area (Å²) < 4.78 is 46.6. The second-order valence-corrected chi connectivity index (χ2v) is 9.67. The van der Waals surface area contributed by atoms with Crippen LogP contribution in [-0.2, 0) is 49.3 Å². The number of halogens is 3. The average Bonchev–Trinajstić information content (AvgIpc) is 3.06. The second kappa shape index (κ2) is 22.0. The van der Waals surface area contributed by atoms with Crippen molar-refractivity contribution in [2.75, 3.05) is 0 Å². The minimum Gasteiger partial charge on any atom is -0.426 e. The fraction of sp³-hybridized carbons (Fsp3) is 0.125. The molecule has 0 aliphatic rings. The zero-order valence-electron chi connectivity index (χ0n) is 26.6. The van der Waals surface area contributed by atoms with E-state index >= 15 is 0 Å². The summed E-state index contributed by atoms with van der Waals surface area (Å²) in [5.41, 5.74) is 0.934. The number of rotatable bonds is 10. The van der Waals surface area contributed by atoms with Crippen molar-refractivity contribution < 1.29 is 89.5 Å². The molecule has 0 saturated heterocycles. The molecule has 4 aromatic rings. The van der Waals surface area contributed by atoms with E-state index in [2.05, 4.69) is 4.84 Å². The summed E-state index contributed by atoms with van der Waals surface area (Å²) in [6.45, 7) is 2.08. The maximum absolute atomic E-state index is 13.4. The molecule has 4 rings (SSSR count). The molecule has 0 heterocycles. The van der Waals surface area contributed by atoms with Gasteiger partial charge in [0.15, 0.2) is 0 Å². The molecule has 279 valence electrons. The predicted molar refractivity (Wildman–Crippen MR) is 168 cm³/mol. The number of ether oxygens (including phenoxy) is 4. The van der Waals surface area contributed by atoms with Gasteiger partial charge in [-0.3, -0.25) is 9.59 Å². The third-order valence-corrected chi connectivity index (χ3v) is 5.90. The molecule has 0 aliphatic carbocycles. The van der Waals surface area contributed by atoms with E-state index in [1.165, 1.54) is 37.3 Å². The molecule has 52 heavy (non-hydrogen) atoms. The zero-order valence-corrected chi connectivity index (χ0v) is 28.8. The predicted octanol–water partition coefficient (Wildman–Crippen LogP) is 6.04. The Bertz CT molecular complexity index is 1880. The number of esters is 4. The topological polar surface area (TPSA) is 221 Å². The Kier molecular flexibility index (Phi) is 18.6. The van der Waals surface area contributed by atoms with Crippen molar-refractivity contribution in [2.24, 2.45) is 0 Å². The molecule has 16 nitrogen and oxygen atoms in total. The van der Waals surface area contributed by atoms with Crippen molar-refractivity contribution in [3.8, 4) is 23.0 Å². The van der Waals surface area contributed by atoms with E-state index in [0.29, 0.717) is 11.4 Å². The first-order chi connectivity index (χ1) is 24.1. The van der Waals surface area contributed by atoms with Crippen LogP contribution in [0.3, 0.4) is 0 Å². The molecule has 0 aromatic heterocycles. The van der Waals surface area contributed by atoms with Gasteiger partial charge in [-0.15, -0.1) is 31.8 Å². The van der Waals surface area contributed by atoms with Crippen molar-refractivity contribution in [3.05, 3.63) is 139 Å². The molecule has 0 spiro atoms. The molecule has 4 aromatic carbocycles. The molecule has 0 aliphatic heterocycles. The summed E-state index contributed by atoms with van der Waals surface area (Å²) in [6.07, 6.45) is 0. The van der Waals surface area contributed by atoms with Crippen LogP contribution < -0.4 is 18.9 Å². The second-order valence-electron chi connectivity index (χ2n) is 9.40. The van der Waals surface area contributed by atoms with E-state index < -0.39 is 45.7 Å². The van der Waals surface area contributed by atoms with Crippen LogP contribution in [0.4, 0.5) is 8.78 Å². The van der Waals surface area contributed by atoms with Crippen LogP contribution in [0.1, 0.15) is 45.7 Å². The minimum absolute atomic E-state index is 0. The molecule has 0 saturated carbocycles. The van der Waals surface area contributed by atoms with Gasteiger partial charge in [-0.05, 0) is 71.8 Å². The Morgan fingerprint density at radius 3 is 1.37 bits per heavy atom. The number of carbonyl (C=O) groups excluding carboxylic acids is 4. The van der Waals surface area contributed by atoms with Crippen LogP contribution >= 0.6 is 11.6 Å². The number of alkyl halides is 1. The number of hydrogen-bond acceptors (Lipinski definition) is 13. The summed E-state index contributed by atoms with van der Waals surface area (Å²) in [7, 11) is 0. The van der Waals surface area contributed by atoms with E-state index in [4.69, 9.17) is 45.9 Å². The van der Waals surface area contributed by atoms with E-state index in [1.54, 1.807) is 24.3 Å². The Morgan fingerprint density at radius 2 is 1.04 bits per heavy atom. The minimum atomic E-state index is -1.50. The smallest absolute Gasteiger partial charge is 0.347 e. The monoisotopic (exact) mass is 841 g/mol. The maximum atomic E-state index is 13.4. The van der Waals surface area contributed by atoms with E-state index in [0.717, 1.165) is 42.8 Å². The van der Waals surface area contributed by atoms with Gasteiger partial charge < -0.3 is 29.0 Å². The fourth-order valence-corrected chi connectivity index (χ4v) is 3.74. The van der Waals surface area contributed by atoms with Crippen LogP contribution in [0.15, 0.2) is 84.9 Å².